The zero-order valence-corrected chi connectivity index (χ0v) is 16.9. The first-order chi connectivity index (χ1) is 13.3. The van der Waals surface area contributed by atoms with Gasteiger partial charge in [-0.2, -0.15) is 0 Å². The predicted octanol–water partition coefficient (Wildman–Crippen LogP) is 3.62. The average Bonchev–Trinajstić information content (AvgIpc) is 2.86. The molecule has 0 bridgehead atoms. The standard InChI is InChI=1S/C20H19BrFN3O3/c1-12(14-3-5-15(21)6-4-14)23-18(26)11-24-19(27)13(2)25(20(24)28)17-9-7-16(22)8-10-17/h3-10,12-13H,11H2,1-2H3,(H,23,26)/t12-,13+/m1/s1. The maximum Gasteiger partial charge on any atom is 0.332 e. The highest BCUT2D eigenvalue weighted by molar-refractivity contribution is 9.10. The number of benzene rings is 2. The highest BCUT2D eigenvalue weighted by atomic mass is 79.9. The number of imide groups is 1. The van der Waals surface area contributed by atoms with Crippen LogP contribution in [-0.2, 0) is 9.59 Å². The van der Waals surface area contributed by atoms with Crippen LogP contribution in [0.2, 0.25) is 0 Å². The number of rotatable bonds is 5. The minimum atomic E-state index is -0.769. The third-order valence-corrected chi connectivity index (χ3v) is 5.13. The maximum atomic E-state index is 13.1. The molecular formula is C20H19BrFN3O3. The molecule has 28 heavy (non-hydrogen) atoms. The first-order valence-corrected chi connectivity index (χ1v) is 9.52. The molecule has 0 aromatic heterocycles. The minimum Gasteiger partial charge on any atom is -0.348 e. The van der Waals surface area contributed by atoms with Crippen LogP contribution < -0.4 is 10.2 Å². The van der Waals surface area contributed by atoms with Crippen LogP contribution in [0, 0.1) is 5.82 Å². The van der Waals surface area contributed by atoms with Crippen LogP contribution in [0.15, 0.2) is 53.0 Å². The Morgan fingerprint density at radius 3 is 2.36 bits per heavy atom. The van der Waals surface area contributed by atoms with Crippen molar-refractivity contribution in [1.82, 2.24) is 10.2 Å². The summed E-state index contributed by atoms with van der Waals surface area (Å²) in [5.41, 5.74) is 1.30. The summed E-state index contributed by atoms with van der Waals surface area (Å²) in [7, 11) is 0. The van der Waals surface area contributed by atoms with Crippen LogP contribution in [0.5, 0.6) is 0 Å². The second-order valence-corrected chi connectivity index (χ2v) is 7.49. The molecule has 2 aromatic carbocycles. The molecule has 2 atom stereocenters. The molecular weight excluding hydrogens is 429 g/mol. The fraction of sp³-hybridized carbons (Fsp3) is 0.250. The summed E-state index contributed by atoms with van der Waals surface area (Å²) in [6.07, 6.45) is 0. The zero-order valence-electron chi connectivity index (χ0n) is 15.4. The molecule has 146 valence electrons. The highest BCUT2D eigenvalue weighted by Crippen LogP contribution is 2.26. The molecule has 0 unspecified atom stereocenters. The van der Waals surface area contributed by atoms with E-state index in [4.69, 9.17) is 0 Å². The van der Waals surface area contributed by atoms with Crippen LogP contribution in [0.4, 0.5) is 14.9 Å². The van der Waals surface area contributed by atoms with Crippen molar-refractivity contribution in [1.29, 1.82) is 0 Å². The smallest absolute Gasteiger partial charge is 0.332 e. The molecule has 2 aromatic rings. The van der Waals surface area contributed by atoms with Gasteiger partial charge in [-0.1, -0.05) is 28.1 Å². The molecule has 1 heterocycles. The van der Waals surface area contributed by atoms with Crippen LogP contribution >= 0.6 is 15.9 Å². The number of hydrogen-bond acceptors (Lipinski definition) is 3. The van der Waals surface area contributed by atoms with Crippen LogP contribution in [0.3, 0.4) is 0 Å². The Morgan fingerprint density at radius 1 is 1.14 bits per heavy atom. The third-order valence-electron chi connectivity index (χ3n) is 4.60. The van der Waals surface area contributed by atoms with E-state index >= 15 is 0 Å². The van der Waals surface area contributed by atoms with E-state index in [9.17, 15) is 18.8 Å². The van der Waals surface area contributed by atoms with Crippen molar-refractivity contribution in [2.45, 2.75) is 25.9 Å². The molecule has 1 N–H and O–H groups in total. The van der Waals surface area contributed by atoms with Crippen molar-refractivity contribution in [3.8, 4) is 0 Å². The first-order valence-electron chi connectivity index (χ1n) is 8.73. The number of carbonyl (C=O) groups is 3. The molecule has 0 aliphatic carbocycles. The molecule has 0 saturated carbocycles. The summed E-state index contributed by atoms with van der Waals surface area (Å²) in [5.74, 6) is -1.35. The molecule has 1 aliphatic rings. The van der Waals surface area contributed by atoms with Gasteiger partial charge in [0.05, 0.1) is 6.04 Å². The summed E-state index contributed by atoms with van der Waals surface area (Å²) >= 11 is 3.36. The van der Waals surface area contributed by atoms with Gasteiger partial charge in [0.2, 0.25) is 5.91 Å². The Kier molecular flexibility index (Phi) is 5.79. The number of hydrogen-bond donors (Lipinski definition) is 1. The van der Waals surface area contributed by atoms with E-state index < -0.39 is 29.7 Å². The number of amides is 4. The lowest BCUT2D eigenvalue weighted by atomic mass is 10.1. The number of anilines is 1. The molecule has 4 amide bonds. The zero-order chi connectivity index (χ0) is 20.4. The van der Waals surface area contributed by atoms with Crippen LogP contribution in [0.25, 0.3) is 0 Å². The number of carbonyl (C=O) groups excluding carboxylic acids is 3. The summed E-state index contributed by atoms with van der Waals surface area (Å²) < 4.78 is 14.1. The quantitative estimate of drug-likeness (QED) is 0.711. The lowest BCUT2D eigenvalue weighted by Gasteiger charge is -2.20. The highest BCUT2D eigenvalue weighted by Gasteiger charge is 2.44. The van der Waals surface area contributed by atoms with Gasteiger partial charge in [-0.3, -0.25) is 19.4 Å². The van der Waals surface area contributed by atoms with Gasteiger partial charge in [-0.05, 0) is 55.8 Å². The van der Waals surface area contributed by atoms with Crippen molar-refractivity contribution in [2.24, 2.45) is 0 Å². The van der Waals surface area contributed by atoms with Gasteiger partial charge >= 0.3 is 6.03 Å². The number of halogens is 2. The van der Waals surface area contributed by atoms with Gasteiger partial charge < -0.3 is 5.32 Å². The molecule has 8 heteroatoms. The topological polar surface area (TPSA) is 69.7 Å². The first kappa shape index (κ1) is 20.0. The summed E-state index contributed by atoms with van der Waals surface area (Å²) in [5, 5.41) is 2.79. The van der Waals surface area contributed by atoms with E-state index in [1.165, 1.54) is 29.2 Å². The summed E-state index contributed by atoms with van der Waals surface area (Å²) in [6, 6.07) is 11.1. The third kappa shape index (κ3) is 4.06. The van der Waals surface area contributed by atoms with Crippen molar-refractivity contribution < 1.29 is 18.8 Å². The van der Waals surface area contributed by atoms with Gasteiger partial charge in [-0.15, -0.1) is 0 Å². The predicted molar refractivity (Wildman–Crippen MR) is 106 cm³/mol. The maximum absolute atomic E-state index is 13.1. The second-order valence-electron chi connectivity index (χ2n) is 6.57. The van der Waals surface area contributed by atoms with E-state index in [-0.39, 0.29) is 12.6 Å². The van der Waals surface area contributed by atoms with Crippen molar-refractivity contribution in [2.75, 3.05) is 11.4 Å². The molecule has 1 fully saturated rings. The molecule has 0 radical (unpaired) electrons. The van der Waals surface area contributed by atoms with Crippen molar-refractivity contribution in [3.05, 3.63) is 64.4 Å². The fourth-order valence-electron chi connectivity index (χ4n) is 3.07. The van der Waals surface area contributed by atoms with Crippen LogP contribution in [-0.4, -0.2) is 35.3 Å². The van der Waals surface area contributed by atoms with E-state index in [0.29, 0.717) is 5.69 Å². The molecule has 6 nitrogen and oxygen atoms in total. The van der Waals surface area contributed by atoms with Crippen LogP contribution in [0.1, 0.15) is 25.5 Å². The number of nitrogens with one attached hydrogen (secondary N) is 1. The molecule has 1 saturated heterocycles. The monoisotopic (exact) mass is 447 g/mol. The number of nitrogens with zero attached hydrogens (tertiary/aromatic N) is 2. The molecule has 0 spiro atoms. The van der Waals surface area contributed by atoms with E-state index in [1.54, 1.807) is 6.92 Å². The second kappa shape index (κ2) is 8.10. The van der Waals surface area contributed by atoms with E-state index in [1.807, 2.05) is 31.2 Å². The average molecular weight is 448 g/mol. The Labute approximate surface area is 170 Å². The molecule has 1 aliphatic heterocycles. The van der Waals surface area contributed by atoms with Gasteiger partial charge in [-0.25, -0.2) is 9.18 Å². The summed E-state index contributed by atoms with van der Waals surface area (Å²) in [4.78, 5) is 39.8. The van der Waals surface area contributed by atoms with Gasteiger partial charge in [0, 0.05) is 10.2 Å². The van der Waals surface area contributed by atoms with Gasteiger partial charge in [0.25, 0.3) is 5.91 Å². The van der Waals surface area contributed by atoms with Crippen molar-refractivity contribution in [3.63, 3.8) is 0 Å². The normalized spacial score (nSPS) is 17.8. The minimum absolute atomic E-state index is 0.279. The van der Waals surface area contributed by atoms with Gasteiger partial charge in [0.15, 0.2) is 0 Å². The number of urea groups is 1. The Balaban J connectivity index is 1.68. The Hall–Kier alpha value is -2.74. The van der Waals surface area contributed by atoms with E-state index in [2.05, 4.69) is 21.2 Å². The lowest BCUT2D eigenvalue weighted by molar-refractivity contribution is -0.132. The Bertz CT molecular complexity index is 902. The molecule has 3 rings (SSSR count). The van der Waals surface area contributed by atoms with E-state index in [0.717, 1.165) is 14.9 Å². The van der Waals surface area contributed by atoms with Crippen molar-refractivity contribution >= 4 is 39.5 Å². The SMILES string of the molecule is C[C@@H](NC(=O)CN1C(=O)[C@H](C)N(c2ccc(F)cc2)C1=O)c1ccc(Br)cc1. The fourth-order valence-corrected chi connectivity index (χ4v) is 3.34. The lowest BCUT2D eigenvalue weighted by Crippen LogP contribution is -2.42. The van der Waals surface area contributed by atoms with Gasteiger partial charge in [0.1, 0.15) is 18.4 Å². The summed E-state index contributed by atoms with van der Waals surface area (Å²) in [6.45, 7) is 3.02. The Morgan fingerprint density at radius 2 is 1.75 bits per heavy atom. The largest absolute Gasteiger partial charge is 0.348 e.